The van der Waals surface area contributed by atoms with Crippen LogP contribution in [0.1, 0.15) is 22.5 Å². The van der Waals surface area contributed by atoms with Crippen LogP contribution in [0.2, 0.25) is 0 Å². The minimum atomic E-state index is -3.04. The van der Waals surface area contributed by atoms with Gasteiger partial charge < -0.3 is 24.1 Å². The zero-order valence-corrected chi connectivity index (χ0v) is 21.5. The lowest BCUT2D eigenvalue weighted by Crippen LogP contribution is -2.52. The van der Waals surface area contributed by atoms with Crippen molar-refractivity contribution >= 4 is 17.0 Å². The minimum Gasteiger partial charge on any atom is -0.496 e. The molecule has 0 spiro atoms. The second-order valence-electron chi connectivity index (χ2n) is 9.31. The van der Waals surface area contributed by atoms with Gasteiger partial charge in [0.15, 0.2) is 11.7 Å². The van der Waals surface area contributed by atoms with E-state index >= 15 is 0 Å². The monoisotopic (exact) mass is 533 g/mol. The predicted octanol–water partition coefficient (Wildman–Crippen LogP) is 4.51. The Bertz CT molecular complexity index is 1590. The summed E-state index contributed by atoms with van der Waals surface area (Å²) in [6.45, 7) is -0.0620. The van der Waals surface area contributed by atoms with Crippen LogP contribution in [0.5, 0.6) is 11.5 Å². The van der Waals surface area contributed by atoms with Crippen molar-refractivity contribution in [3.05, 3.63) is 60.0 Å². The van der Waals surface area contributed by atoms with E-state index in [0.29, 0.717) is 45.8 Å². The summed E-state index contributed by atoms with van der Waals surface area (Å²) in [5.41, 5.74) is 3.15. The van der Waals surface area contributed by atoms with E-state index in [9.17, 15) is 18.8 Å². The molecular weight excluding hydrogens is 508 g/mol. The number of pyridine rings is 2. The van der Waals surface area contributed by atoms with E-state index in [0.717, 1.165) is 0 Å². The first-order chi connectivity index (χ1) is 18.7. The summed E-state index contributed by atoms with van der Waals surface area (Å²) >= 11 is 0. The second-order valence-corrected chi connectivity index (χ2v) is 9.31. The van der Waals surface area contributed by atoms with Gasteiger partial charge in [-0.25, -0.2) is 8.78 Å². The van der Waals surface area contributed by atoms with Crippen LogP contribution in [0.4, 0.5) is 8.78 Å². The fourth-order valence-corrected chi connectivity index (χ4v) is 4.43. The molecule has 1 fully saturated rings. The van der Waals surface area contributed by atoms with Crippen LogP contribution in [-0.4, -0.2) is 67.1 Å². The van der Waals surface area contributed by atoms with Crippen LogP contribution in [-0.2, 0) is 0 Å². The molecule has 1 aliphatic heterocycles. The maximum Gasteiger partial charge on any atom is 0.296 e. The molecule has 200 valence electrons. The van der Waals surface area contributed by atoms with Crippen molar-refractivity contribution in [1.29, 1.82) is 5.26 Å². The molecule has 5 rings (SSSR count). The Hall–Kier alpha value is -4.56. The molecule has 1 aromatic carbocycles. The van der Waals surface area contributed by atoms with Crippen molar-refractivity contribution in [2.45, 2.75) is 18.4 Å². The summed E-state index contributed by atoms with van der Waals surface area (Å²) in [4.78, 5) is 22.4. The summed E-state index contributed by atoms with van der Waals surface area (Å²) in [7, 11) is 4.76. The number of fused-ring (bicyclic) bond motifs is 1. The minimum absolute atomic E-state index is 0.0985. The molecule has 1 unspecified atom stereocenters. The van der Waals surface area contributed by atoms with Gasteiger partial charge in [0.05, 0.1) is 24.8 Å². The summed E-state index contributed by atoms with van der Waals surface area (Å²) in [5.74, 6) is -2.38. The molecule has 1 atom stereocenters. The normalized spacial score (nSPS) is 16.5. The Morgan fingerprint density at radius 2 is 2.00 bits per heavy atom. The van der Waals surface area contributed by atoms with Gasteiger partial charge in [0.1, 0.15) is 34.5 Å². The fourth-order valence-electron chi connectivity index (χ4n) is 4.43. The van der Waals surface area contributed by atoms with Gasteiger partial charge in [-0.15, -0.1) is 0 Å². The summed E-state index contributed by atoms with van der Waals surface area (Å²) in [6.07, 6.45) is 1.92. The highest BCUT2D eigenvalue weighted by Crippen LogP contribution is 2.38. The van der Waals surface area contributed by atoms with Gasteiger partial charge in [-0.2, -0.15) is 5.26 Å². The highest BCUT2D eigenvalue weighted by molar-refractivity contribution is 5.95. The first kappa shape index (κ1) is 26.1. The number of methoxy groups -OCH3 is 1. The van der Waals surface area contributed by atoms with E-state index in [-0.39, 0.29) is 29.3 Å². The van der Waals surface area contributed by atoms with Crippen LogP contribution < -0.4 is 14.8 Å². The average molecular weight is 534 g/mol. The number of hydrogen-bond acceptors (Lipinski definition) is 8. The summed E-state index contributed by atoms with van der Waals surface area (Å²) in [6, 6.07) is 11.9. The first-order valence-electron chi connectivity index (χ1n) is 12.2. The Morgan fingerprint density at radius 1 is 1.18 bits per heavy atom. The van der Waals surface area contributed by atoms with Gasteiger partial charge in [0.2, 0.25) is 0 Å². The molecule has 0 radical (unpaired) electrons. The van der Waals surface area contributed by atoms with Crippen LogP contribution in [0.15, 0.2) is 53.2 Å². The number of nitriles is 1. The number of halogens is 2. The Morgan fingerprint density at radius 3 is 2.72 bits per heavy atom. The maximum atomic E-state index is 14.3. The molecule has 1 N–H and O–H groups in total. The van der Waals surface area contributed by atoms with Gasteiger partial charge in [0, 0.05) is 50.6 Å². The lowest BCUT2D eigenvalue weighted by atomic mass is 10.0. The zero-order valence-electron chi connectivity index (χ0n) is 21.5. The van der Waals surface area contributed by atoms with Crippen molar-refractivity contribution in [3.8, 4) is 40.0 Å². The molecule has 0 saturated carbocycles. The van der Waals surface area contributed by atoms with Gasteiger partial charge >= 0.3 is 0 Å². The van der Waals surface area contributed by atoms with Crippen molar-refractivity contribution in [1.82, 2.24) is 20.2 Å². The Labute approximate surface area is 223 Å². The average Bonchev–Trinajstić information content (AvgIpc) is 3.38. The van der Waals surface area contributed by atoms with E-state index in [1.165, 1.54) is 24.3 Å². The number of amides is 1. The molecule has 1 aliphatic rings. The smallest absolute Gasteiger partial charge is 0.296 e. The van der Waals surface area contributed by atoms with Crippen LogP contribution in [0, 0.1) is 11.3 Å². The second kappa shape index (κ2) is 10.3. The predicted molar refractivity (Wildman–Crippen MR) is 139 cm³/mol. The molecule has 1 amide bonds. The fraction of sp³-hybridized carbons (Fsp3) is 0.286. The van der Waals surface area contributed by atoms with Gasteiger partial charge in [-0.3, -0.25) is 14.8 Å². The van der Waals surface area contributed by atoms with Crippen molar-refractivity contribution < 1.29 is 27.5 Å². The van der Waals surface area contributed by atoms with Crippen molar-refractivity contribution in [3.63, 3.8) is 0 Å². The number of carbonyl (C=O) groups is 1. The van der Waals surface area contributed by atoms with E-state index in [2.05, 4.69) is 21.4 Å². The molecule has 9 nitrogen and oxygen atoms in total. The molecule has 0 aliphatic carbocycles. The quantitative estimate of drug-likeness (QED) is 0.385. The molecule has 4 heterocycles. The summed E-state index contributed by atoms with van der Waals surface area (Å²) < 4.78 is 45.9. The third-order valence-electron chi connectivity index (χ3n) is 6.48. The highest BCUT2D eigenvalue weighted by atomic mass is 19.3. The van der Waals surface area contributed by atoms with Crippen molar-refractivity contribution in [2.24, 2.45) is 0 Å². The third kappa shape index (κ3) is 4.98. The van der Waals surface area contributed by atoms with E-state index in [1.54, 1.807) is 50.6 Å². The highest BCUT2D eigenvalue weighted by Gasteiger charge is 2.43. The van der Waals surface area contributed by atoms with Crippen molar-refractivity contribution in [2.75, 3.05) is 34.3 Å². The van der Waals surface area contributed by atoms with E-state index in [1.807, 2.05) is 0 Å². The lowest BCUT2D eigenvalue weighted by molar-refractivity contribution is -0.109. The molecule has 39 heavy (non-hydrogen) atoms. The van der Waals surface area contributed by atoms with Gasteiger partial charge in [-0.1, -0.05) is 6.07 Å². The number of rotatable bonds is 6. The molecule has 4 aromatic rings. The lowest BCUT2D eigenvalue weighted by Gasteiger charge is -2.32. The number of nitrogens with one attached hydrogen (secondary N) is 1. The SMILES string of the molecule is COc1cc(C(=O)N(C)C)ncc1-c1cc2nccc(-c3ccc(OC4CCNCC4(F)F)c(C#N)c3)c2o1. The van der Waals surface area contributed by atoms with Gasteiger partial charge in [-0.05, 0) is 30.3 Å². The molecule has 0 bridgehead atoms. The third-order valence-corrected chi connectivity index (χ3v) is 6.48. The Balaban J connectivity index is 1.51. The molecular formula is C28H25F2N5O4. The Kier molecular flexibility index (Phi) is 6.89. The number of ether oxygens (including phenoxy) is 2. The number of piperidine rings is 1. The largest absolute Gasteiger partial charge is 0.496 e. The van der Waals surface area contributed by atoms with E-state index < -0.39 is 18.6 Å². The number of nitrogens with zero attached hydrogens (tertiary/aromatic N) is 4. The number of carbonyl (C=O) groups excluding carboxylic acids is 1. The maximum absolute atomic E-state index is 14.3. The summed E-state index contributed by atoms with van der Waals surface area (Å²) in [5, 5.41) is 12.4. The molecule has 3 aromatic heterocycles. The number of benzene rings is 1. The number of furan rings is 1. The standard InChI is InChI=1S/C28H25F2N5O4/c1-35(2)27(36)21-12-23(37-3)19(14-34-21)24-11-20-26(39-24)18(6-9-33-20)16-4-5-22(17(10-16)13-31)38-25-7-8-32-15-28(25,29)30/h4-6,9-12,14,25,32H,7-8,15H2,1-3H3. The zero-order chi connectivity index (χ0) is 27.7. The van der Waals surface area contributed by atoms with Crippen LogP contribution >= 0.6 is 0 Å². The number of alkyl halides is 2. The molecule has 1 saturated heterocycles. The number of hydrogen-bond donors (Lipinski definition) is 1. The van der Waals surface area contributed by atoms with Crippen LogP contribution in [0.25, 0.3) is 33.6 Å². The number of aromatic nitrogens is 2. The molecule has 11 heteroatoms. The van der Waals surface area contributed by atoms with Gasteiger partial charge in [0.25, 0.3) is 11.8 Å². The first-order valence-corrected chi connectivity index (χ1v) is 12.2. The topological polar surface area (TPSA) is 114 Å². The van der Waals surface area contributed by atoms with Crippen LogP contribution in [0.3, 0.4) is 0 Å². The van der Waals surface area contributed by atoms with E-state index in [4.69, 9.17) is 13.9 Å².